The van der Waals surface area contributed by atoms with Gasteiger partial charge in [0.2, 0.25) is 10.9 Å². The molecule has 15 heteroatoms. The molecule has 300 valence electrons. The van der Waals surface area contributed by atoms with Gasteiger partial charge in [0, 0.05) is 55.2 Å². The van der Waals surface area contributed by atoms with Crippen LogP contribution >= 0.6 is 0 Å². The van der Waals surface area contributed by atoms with Crippen LogP contribution in [0.3, 0.4) is 0 Å². The maximum absolute atomic E-state index is 14.5. The Bertz CT molecular complexity index is 2610. The zero-order valence-electron chi connectivity index (χ0n) is 32.6. The van der Waals surface area contributed by atoms with Crippen LogP contribution in [0.1, 0.15) is 47.1 Å². The summed E-state index contributed by atoms with van der Waals surface area (Å²) < 4.78 is 36.4. The Morgan fingerprint density at radius 3 is 2.44 bits per heavy atom. The molecule has 7 bridgehead atoms. The van der Waals surface area contributed by atoms with Crippen LogP contribution in [0.2, 0.25) is 0 Å². The van der Waals surface area contributed by atoms with Gasteiger partial charge < -0.3 is 48.7 Å². The molecule has 4 aromatic rings. The number of aromatic nitrogens is 1. The highest BCUT2D eigenvalue weighted by molar-refractivity contribution is 6.16. The summed E-state index contributed by atoms with van der Waals surface area (Å²) >= 11 is 0. The van der Waals surface area contributed by atoms with E-state index in [-0.39, 0.29) is 72.6 Å². The molecule has 8 rings (SSSR count). The number of rotatable bonds is 2. The lowest BCUT2D eigenvalue weighted by molar-refractivity contribution is -0.168. The van der Waals surface area contributed by atoms with Crippen molar-refractivity contribution < 1.29 is 53.0 Å². The molecule has 0 unspecified atom stereocenters. The average Bonchev–Trinajstić information content (AvgIpc) is 3.61. The molecule has 0 spiro atoms. The van der Waals surface area contributed by atoms with E-state index in [4.69, 9.17) is 28.1 Å². The van der Waals surface area contributed by atoms with Crippen LogP contribution in [0.5, 0.6) is 11.5 Å². The number of carbonyl (C=O) groups excluding carboxylic acids is 2. The first-order valence-electron chi connectivity index (χ1n) is 18.5. The van der Waals surface area contributed by atoms with Crippen molar-refractivity contribution in [3.8, 4) is 11.5 Å². The fourth-order valence-electron chi connectivity index (χ4n) is 7.99. The second-order valence-corrected chi connectivity index (χ2v) is 15.1. The number of esters is 1. The second-order valence-electron chi connectivity index (χ2n) is 15.1. The van der Waals surface area contributed by atoms with Crippen molar-refractivity contribution in [1.29, 1.82) is 0 Å². The molecule has 1 fully saturated rings. The third-order valence-electron chi connectivity index (χ3n) is 11.2. The van der Waals surface area contributed by atoms with Crippen molar-refractivity contribution in [1.82, 2.24) is 4.98 Å². The fourth-order valence-corrected chi connectivity index (χ4v) is 7.99. The number of aliphatic hydroxyl groups is 2. The van der Waals surface area contributed by atoms with Crippen LogP contribution in [0.25, 0.3) is 38.7 Å². The van der Waals surface area contributed by atoms with Crippen LogP contribution < -0.4 is 26.1 Å². The van der Waals surface area contributed by atoms with Gasteiger partial charge in [0.15, 0.2) is 22.4 Å². The Balaban J connectivity index is 1.48. The van der Waals surface area contributed by atoms with E-state index >= 15 is 0 Å². The number of para-hydroxylation sites is 1. The first kappa shape index (κ1) is 39.5. The van der Waals surface area contributed by atoms with Crippen molar-refractivity contribution in [2.75, 3.05) is 12.4 Å². The Kier molecular flexibility index (Phi) is 10.1. The maximum Gasteiger partial charge on any atom is 0.307 e. The zero-order valence-corrected chi connectivity index (χ0v) is 32.6. The Labute approximate surface area is 325 Å². The van der Waals surface area contributed by atoms with E-state index in [1.807, 2.05) is 19.9 Å². The van der Waals surface area contributed by atoms with E-state index in [9.17, 15) is 34.5 Å². The number of benzene rings is 3. The van der Waals surface area contributed by atoms with Gasteiger partial charge in [-0.25, -0.2) is 4.98 Å². The number of fused-ring (bicyclic) bond motifs is 9. The van der Waals surface area contributed by atoms with Crippen molar-refractivity contribution >= 4 is 56.3 Å². The number of aliphatic hydroxyl groups excluding tert-OH is 2. The lowest BCUT2D eigenvalue weighted by Crippen LogP contribution is -2.46. The van der Waals surface area contributed by atoms with Gasteiger partial charge in [-0.2, -0.15) is 0 Å². The topological polar surface area (TPSA) is 213 Å². The molecule has 4 N–H and O–H groups in total. The van der Waals surface area contributed by atoms with Gasteiger partial charge >= 0.3 is 11.8 Å². The number of allylic oxidation sites excluding steroid dienone is 2. The monoisotopic (exact) mass is 784 g/mol. The third kappa shape index (κ3) is 6.48. The molecule has 1 aromatic heterocycles. The van der Waals surface area contributed by atoms with Crippen LogP contribution in [-0.2, 0) is 28.5 Å². The Morgan fingerprint density at radius 1 is 1.00 bits per heavy atom. The number of anilines is 1. The number of hydrogen-bond acceptors (Lipinski definition) is 14. The molecule has 9 atom stereocenters. The summed E-state index contributed by atoms with van der Waals surface area (Å²) in [6.45, 7) is 11.2. The SMILES string of the molecule is CO[C@H]1/C=C/O[C@@]2(C)Oc3c(C)c(O)c4c(=O)c(c5oc6cccc(=O)c6nc5c4c3=C2O)NC(=O)/C(C)=C\C=C\[C@H](C)[C@@H]2O[C@H]([C@H](O)[C@@H]2C)[C@H](OC(C)=O)[C@@H]1C. The number of aromatic hydroxyl groups is 1. The predicted octanol–water partition coefficient (Wildman–Crippen LogP) is 4.33. The number of methoxy groups -OCH3 is 1. The number of nitrogens with zero attached hydrogens (tertiary/aromatic N) is 1. The molecule has 1 saturated heterocycles. The second kappa shape index (κ2) is 14.6. The van der Waals surface area contributed by atoms with E-state index in [0.717, 1.165) is 0 Å². The van der Waals surface area contributed by atoms with Crippen molar-refractivity contribution in [2.45, 2.75) is 84.8 Å². The summed E-state index contributed by atoms with van der Waals surface area (Å²) in [6, 6.07) is 4.23. The number of nitrogens with one attached hydrogen (secondary N) is 1. The van der Waals surface area contributed by atoms with Crippen LogP contribution in [-0.4, -0.2) is 75.6 Å². The van der Waals surface area contributed by atoms with Gasteiger partial charge in [0.05, 0.1) is 35.2 Å². The number of ether oxygens (including phenoxy) is 5. The number of carbonyl (C=O) groups is 2. The van der Waals surface area contributed by atoms with E-state index in [1.165, 1.54) is 71.4 Å². The molecule has 57 heavy (non-hydrogen) atoms. The predicted molar refractivity (Wildman–Crippen MR) is 209 cm³/mol. The minimum absolute atomic E-state index is 0.0233. The van der Waals surface area contributed by atoms with Crippen molar-refractivity contribution in [2.24, 2.45) is 17.8 Å². The summed E-state index contributed by atoms with van der Waals surface area (Å²) in [5.41, 5.74) is -1.88. The van der Waals surface area contributed by atoms with Gasteiger partial charge in [-0.1, -0.05) is 45.1 Å². The molecule has 0 saturated carbocycles. The lowest BCUT2D eigenvalue weighted by atomic mass is 9.86. The molecule has 1 amide bonds. The van der Waals surface area contributed by atoms with Crippen molar-refractivity contribution in [3.63, 3.8) is 0 Å². The number of phenols is 1. The highest BCUT2D eigenvalue weighted by atomic mass is 16.7. The van der Waals surface area contributed by atoms with Crippen LogP contribution in [0.4, 0.5) is 5.69 Å². The standard InChI is InChI=1S/C42H44N2O13/c1-17-11-9-12-18(2)41(51)44-31-34(49)27-26(30-38(31)55-25-14-10-13-23(46)29(25)43-30)28-36(20(4)32(27)47)57-42(7,40(28)50)53-16-15-24(52-8)19(3)37(54-22(6)45)39-33(48)21(5)35(17)56-39/h9-17,19,21,24,33,35,37,39,47-48,50H,1-8H3,(H,44,51)/b11-9+,16-15+,18-12-/t17-,19+,21-,24-,33+,35-,37+,39+,42-/m0/s1. The summed E-state index contributed by atoms with van der Waals surface area (Å²) in [7, 11) is 1.45. The maximum atomic E-state index is 14.5. The Morgan fingerprint density at radius 2 is 1.74 bits per heavy atom. The highest BCUT2D eigenvalue weighted by Crippen LogP contribution is 2.42. The molecule has 0 aliphatic carbocycles. The number of hydrogen-bond donors (Lipinski definition) is 4. The number of phenolic OH excluding ortho intramolecular Hbond substituents is 1. The quantitative estimate of drug-likeness (QED) is 0.127. The molecule has 5 heterocycles. The molecular weight excluding hydrogens is 740 g/mol. The van der Waals surface area contributed by atoms with Crippen molar-refractivity contribution in [3.05, 3.63) is 85.6 Å². The van der Waals surface area contributed by atoms with Gasteiger partial charge in [-0.15, -0.1) is 0 Å². The smallest absolute Gasteiger partial charge is 0.307 e. The minimum atomic E-state index is -1.95. The molecule has 4 aliphatic rings. The summed E-state index contributed by atoms with van der Waals surface area (Å²) in [6.07, 6.45) is 3.55. The normalized spacial score (nSPS) is 31.3. The van der Waals surface area contributed by atoms with Gasteiger partial charge in [0.1, 0.15) is 34.9 Å². The molecular formula is C42H44N2O13. The lowest BCUT2D eigenvalue weighted by Gasteiger charge is -2.33. The van der Waals surface area contributed by atoms with E-state index in [2.05, 4.69) is 10.3 Å². The molecule has 15 nitrogen and oxygen atoms in total. The molecule has 3 aromatic carbocycles. The highest BCUT2D eigenvalue weighted by Gasteiger charge is 2.50. The fraction of sp³-hybridized carbons (Fsp3) is 0.405. The summed E-state index contributed by atoms with van der Waals surface area (Å²) in [4.78, 5) is 58.2. The molecule has 4 aliphatic heterocycles. The summed E-state index contributed by atoms with van der Waals surface area (Å²) in [5, 5.41) is 37.2. The first-order chi connectivity index (χ1) is 27.0. The zero-order chi connectivity index (χ0) is 41.2. The largest absolute Gasteiger partial charge is 0.507 e. The van der Waals surface area contributed by atoms with Crippen LogP contribution in [0, 0.1) is 24.7 Å². The summed E-state index contributed by atoms with van der Waals surface area (Å²) in [5.74, 6) is -5.58. The Hall–Kier alpha value is -5.77. The molecule has 0 radical (unpaired) electrons. The van der Waals surface area contributed by atoms with Gasteiger partial charge in [-0.3, -0.25) is 19.2 Å². The van der Waals surface area contributed by atoms with E-state index in [0.29, 0.717) is 0 Å². The minimum Gasteiger partial charge on any atom is -0.507 e. The van der Waals surface area contributed by atoms with Gasteiger partial charge in [0.25, 0.3) is 5.91 Å². The first-order valence-corrected chi connectivity index (χ1v) is 18.5. The van der Waals surface area contributed by atoms with E-state index in [1.54, 1.807) is 13.0 Å². The third-order valence-corrected chi connectivity index (χ3v) is 11.2. The average molecular weight is 785 g/mol. The number of amides is 1. The van der Waals surface area contributed by atoms with E-state index < -0.39 is 76.5 Å². The van der Waals surface area contributed by atoms with Crippen LogP contribution in [0.15, 0.2) is 68.3 Å². The van der Waals surface area contributed by atoms with Gasteiger partial charge in [-0.05, 0) is 32.1 Å².